The molecule has 0 fully saturated rings. The van der Waals surface area contributed by atoms with Crippen LogP contribution in [-0.2, 0) is 16.2 Å². The Kier molecular flexibility index (Phi) is 8.40. The van der Waals surface area contributed by atoms with Gasteiger partial charge in [0, 0.05) is 30.9 Å². The molecule has 1 aromatic heterocycles. The zero-order chi connectivity index (χ0) is 23.1. The molecule has 1 atom stereocenters. The first-order valence-electron chi connectivity index (χ1n) is 9.70. The highest BCUT2D eigenvalue weighted by molar-refractivity contribution is 7.89. The first kappa shape index (κ1) is 24.6. The van der Waals surface area contributed by atoms with E-state index in [2.05, 4.69) is 20.3 Å². The second-order valence-electron chi connectivity index (χ2n) is 6.92. The van der Waals surface area contributed by atoms with Gasteiger partial charge in [0.2, 0.25) is 10.0 Å². The van der Waals surface area contributed by atoms with Crippen LogP contribution in [0.1, 0.15) is 42.6 Å². The zero-order valence-electron chi connectivity index (χ0n) is 17.2. The molecule has 0 aliphatic rings. The highest BCUT2D eigenvalue weighted by Crippen LogP contribution is 2.28. The number of rotatable bonds is 10. The van der Waals surface area contributed by atoms with Crippen LogP contribution in [0.2, 0.25) is 0 Å². The lowest BCUT2D eigenvalue weighted by molar-refractivity contribution is -0.137. The molecule has 2 aromatic rings. The van der Waals surface area contributed by atoms with Gasteiger partial charge >= 0.3 is 6.18 Å². The van der Waals surface area contributed by atoms with Gasteiger partial charge in [-0.3, -0.25) is 4.79 Å². The van der Waals surface area contributed by atoms with E-state index in [-0.39, 0.29) is 16.8 Å². The van der Waals surface area contributed by atoms with Crippen molar-refractivity contribution < 1.29 is 26.4 Å². The number of amides is 1. The number of carbonyl (C=O) groups is 1. The number of benzene rings is 1. The summed E-state index contributed by atoms with van der Waals surface area (Å²) in [4.78, 5) is 16.0. The van der Waals surface area contributed by atoms with Crippen molar-refractivity contribution >= 4 is 21.7 Å². The summed E-state index contributed by atoms with van der Waals surface area (Å²) in [6.07, 6.45) is -2.50. The van der Waals surface area contributed by atoms with Crippen LogP contribution < -0.4 is 15.4 Å². The molecule has 0 bridgehead atoms. The Balaban J connectivity index is 1.77. The normalized spacial score (nSPS) is 12.9. The SMILES string of the molecule is CCC(C)NS(=O)(=O)c1ccc(C(=O)NCCCNc2ccc(C(F)(F)F)cn2)cc1. The largest absolute Gasteiger partial charge is 0.417 e. The third-order valence-corrected chi connectivity index (χ3v) is 6.04. The van der Waals surface area contributed by atoms with Gasteiger partial charge in [-0.05, 0) is 56.2 Å². The fourth-order valence-electron chi connectivity index (χ4n) is 2.48. The molecule has 3 N–H and O–H groups in total. The lowest BCUT2D eigenvalue weighted by Crippen LogP contribution is -2.32. The molecule has 0 aliphatic carbocycles. The molecule has 0 radical (unpaired) electrons. The third-order valence-electron chi connectivity index (χ3n) is 4.43. The van der Waals surface area contributed by atoms with Crippen LogP contribution in [0.5, 0.6) is 0 Å². The quantitative estimate of drug-likeness (QED) is 0.474. The lowest BCUT2D eigenvalue weighted by atomic mass is 10.2. The van der Waals surface area contributed by atoms with E-state index >= 15 is 0 Å². The number of sulfonamides is 1. The predicted octanol–water partition coefficient (Wildman–Crippen LogP) is 3.41. The molecular formula is C20H25F3N4O3S. The number of hydrogen-bond acceptors (Lipinski definition) is 5. The third kappa shape index (κ3) is 7.51. The number of hydrogen-bond donors (Lipinski definition) is 3. The van der Waals surface area contributed by atoms with E-state index in [1.165, 1.54) is 30.3 Å². The summed E-state index contributed by atoms with van der Waals surface area (Å²) in [5.74, 6) is -0.0476. The number of nitrogens with zero attached hydrogens (tertiary/aromatic N) is 1. The number of alkyl halides is 3. The summed E-state index contributed by atoms with van der Waals surface area (Å²) in [6.45, 7) is 4.36. The fourth-order valence-corrected chi connectivity index (χ4v) is 3.80. The van der Waals surface area contributed by atoms with Crippen LogP contribution in [0.25, 0.3) is 0 Å². The van der Waals surface area contributed by atoms with Gasteiger partial charge in [0.1, 0.15) is 5.82 Å². The molecule has 1 heterocycles. The van der Waals surface area contributed by atoms with E-state index in [4.69, 9.17) is 0 Å². The van der Waals surface area contributed by atoms with E-state index in [1.54, 1.807) is 6.92 Å². The van der Waals surface area contributed by atoms with Gasteiger partial charge < -0.3 is 10.6 Å². The molecule has 170 valence electrons. The zero-order valence-corrected chi connectivity index (χ0v) is 18.0. The van der Waals surface area contributed by atoms with Gasteiger partial charge in [-0.1, -0.05) is 6.92 Å². The van der Waals surface area contributed by atoms with Crippen LogP contribution in [0.15, 0.2) is 47.5 Å². The van der Waals surface area contributed by atoms with Crippen LogP contribution in [0.3, 0.4) is 0 Å². The Morgan fingerprint density at radius 3 is 2.32 bits per heavy atom. The van der Waals surface area contributed by atoms with Crippen molar-refractivity contribution in [3.63, 3.8) is 0 Å². The Labute approximate surface area is 179 Å². The Bertz CT molecular complexity index is 963. The number of carbonyl (C=O) groups excluding carboxylic acids is 1. The average molecular weight is 459 g/mol. The van der Waals surface area contributed by atoms with Gasteiger partial charge in [0.05, 0.1) is 10.5 Å². The van der Waals surface area contributed by atoms with Crippen LogP contribution in [0.4, 0.5) is 19.0 Å². The molecule has 1 unspecified atom stereocenters. The van der Waals surface area contributed by atoms with E-state index in [9.17, 15) is 26.4 Å². The van der Waals surface area contributed by atoms with Crippen molar-refractivity contribution in [3.8, 4) is 0 Å². The van der Waals surface area contributed by atoms with Gasteiger partial charge in [-0.25, -0.2) is 18.1 Å². The molecule has 2 rings (SSSR count). The standard InChI is InChI=1S/C20H25F3N4O3S/c1-3-14(2)27-31(29,30)17-8-5-15(6-9-17)19(28)25-12-4-11-24-18-10-7-16(13-26-18)20(21,22)23/h5-10,13-14,27H,3-4,11-12H2,1-2H3,(H,24,26)(H,25,28). The van der Waals surface area contributed by atoms with Gasteiger partial charge in [0.15, 0.2) is 0 Å². The highest BCUT2D eigenvalue weighted by Gasteiger charge is 2.30. The molecular weight excluding hydrogens is 433 g/mol. The fraction of sp³-hybridized carbons (Fsp3) is 0.400. The molecule has 1 amide bonds. The average Bonchev–Trinajstić information content (AvgIpc) is 2.72. The summed E-state index contributed by atoms with van der Waals surface area (Å²) in [7, 11) is -3.63. The minimum atomic E-state index is -4.43. The van der Waals surface area contributed by atoms with Crippen molar-refractivity contribution in [1.82, 2.24) is 15.0 Å². The Morgan fingerprint density at radius 2 is 1.77 bits per heavy atom. The number of nitrogens with one attached hydrogen (secondary N) is 3. The molecule has 1 aromatic carbocycles. The van der Waals surface area contributed by atoms with Crippen LogP contribution in [0, 0.1) is 0 Å². The minimum absolute atomic E-state index is 0.0811. The van der Waals surface area contributed by atoms with Crippen molar-refractivity contribution in [2.24, 2.45) is 0 Å². The highest BCUT2D eigenvalue weighted by atomic mass is 32.2. The smallest absolute Gasteiger partial charge is 0.370 e. The maximum absolute atomic E-state index is 12.5. The molecule has 0 saturated carbocycles. The Hall–Kier alpha value is -2.66. The monoisotopic (exact) mass is 458 g/mol. The number of pyridine rings is 1. The van der Waals surface area contributed by atoms with Gasteiger partial charge in [-0.15, -0.1) is 0 Å². The van der Waals surface area contributed by atoms with Crippen molar-refractivity contribution in [2.45, 2.75) is 43.8 Å². The second kappa shape index (κ2) is 10.6. The van der Waals surface area contributed by atoms with E-state index in [1.807, 2.05) is 6.92 Å². The molecule has 0 aliphatic heterocycles. The van der Waals surface area contributed by atoms with Crippen molar-refractivity contribution in [1.29, 1.82) is 0 Å². The van der Waals surface area contributed by atoms with E-state index in [0.717, 1.165) is 12.3 Å². The summed E-state index contributed by atoms with van der Waals surface area (Å²) in [5.41, 5.74) is -0.500. The molecule has 0 saturated heterocycles. The van der Waals surface area contributed by atoms with Crippen molar-refractivity contribution in [3.05, 3.63) is 53.7 Å². The first-order valence-corrected chi connectivity index (χ1v) is 11.2. The minimum Gasteiger partial charge on any atom is -0.370 e. The summed E-state index contributed by atoms with van der Waals surface area (Å²) < 4.78 is 64.5. The van der Waals surface area contributed by atoms with Gasteiger partial charge in [-0.2, -0.15) is 13.2 Å². The van der Waals surface area contributed by atoms with Gasteiger partial charge in [0.25, 0.3) is 5.91 Å². The topological polar surface area (TPSA) is 100 Å². The maximum Gasteiger partial charge on any atom is 0.417 e. The summed E-state index contributed by atoms with van der Waals surface area (Å²) in [6, 6.07) is 7.61. The molecule has 31 heavy (non-hydrogen) atoms. The van der Waals surface area contributed by atoms with Crippen LogP contribution in [-0.4, -0.2) is 38.4 Å². The van der Waals surface area contributed by atoms with E-state index in [0.29, 0.717) is 37.3 Å². The van der Waals surface area contributed by atoms with Crippen LogP contribution >= 0.6 is 0 Å². The van der Waals surface area contributed by atoms with E-state index < -0.39 is 21.8 Å². The molecule has 0 spiro atoms. The lowest BCUT2D eigenvalue weighted by Gasteiger charge is -2.12. The second-order valence-corrected chi connectivity index (χ2v) is 8.64. The number of anilines is 1. The summed E-state index contributed by atoms with van der Waals surface area (Å²) >= 11 is 0. The Morgan fingerprint density at radius 1 is 1.10 bits per heavy atom. The molecule has 11 heteroatoms. The number of halogens is 3. The predicted molar refractivity (Wildman–Crippen MR) is 111 cm³/mol. The summed E-state index contributed by atoms with van der Waals surface area (Å²) in [5, 5.41) is 5.58. The first-order chi connectivity index (χ1) is 14.5. The maximum atomic E-state index is 12.5. The molecule has 7 nitrogen and oxygen atoms in total. The van der Waals surface area contributed by atoms with Crippen molar-refractivity contribution in [2.75, 3.05) is 18.4 Å². The number of aromatic nitrogens is 1.